The van der Waals surface area contributed by atoms with E-state index in [0.717, 1.165) is 0 Å². The second-order valence-electron chi connectivity index (χ2n) is 6.67. The maximum absolute atomic E-state index is 12.6. The van der Waals surface area contributed by atoms with Gasteiger partial charge in [-0.25, -0.2) is 0 Å². The van der Waals surface area contributed by atoms with Gasteiger partial charge in [0.05, 0.1) is 0 Å². The molecule has 0 radical (unpaired) electrons. The first-order valence-electron chi connectivity index (χ1n) is 8.28. The molecule has 0 aliphatic carbocycles. The Morgan fingerprint density at radius 2 is 1.58 bits per heavy atom. The fourth-order valence-corrected chi connectivity index (χ4v) is 2.10. The summed E-state index contributed by atoms with van der Waals surface area (Å²) in [6.07, 6.45) is 2.09. The molecule has 1 amide bonds. The minimum Gasteiger partial charge on any atom is -0.489 e. The maximum Gasteiger partial charge on any atom is 0.303 e. The van der Waals surface area contributed by atoms with E-state index in [9.17, 15) is 9.59 Å². The molecule has 0 unspecified atom stereocenters. The van der Waals surface area contributed by atoms with Crippen LogP contribution in [0.4, 0.5) is 0 Å². The smallest absolute Gasteiger partial charge is 0.303 e. The van der Waals surface area contributed by atoms with Crippen LogP contribution in [-0.2, 0) is 14.3 Å². The van der Waals surface area contributed by atoms with Crippen molar-refractivity contribution in [1.29, 1.82) is 0 Å². The van der Waals surface area contributed by atoms with Crippen molar-refractivity contribution in [2.45, 2.75) is 39.3 Å². The molecule has 1 rings (SSSR count). The summed E-state index contributed by atoms with van der Waals surface area (Å²) < 4.78 is 16.4. The summed E-state index contributed by atoms with van der Waals surface area (Å²) in [5.41, 5.74) is -0.0307. The van der Waals surface area contributed by atoms with Crippen LogP contribution in [0.25, 0.3) is 0 Å². The fourth-order valence-electron chi connectivity index (χ4n) is 2.10. The van der Waals surface area contributed by atoms with Gasteiger partial charge in [-0.05, 0) is 32.9 Å². The predicted molar refractivity (Wildman–Crippen MR) is 100 cm³/mol. The third-order valence-electron chi connectivity index (χ3n) is 2.96. The maximum atomic E-state index is 12.6. The number of rotatable bonds is 9. The summed E-state index contributed by atoms with van der Waals surface area (Å²) in [5, 5.41) is 2.82. The molecule has 0 aliphatic heterocycles. The van der Waals surface area contributed by atoms with E-state index in [1.807, 2.05) is 20.8 Å². The largest absolute Gasteiger partial charge is 0.489 e. The van der Waals surface area contributed by atoms with Gasteiger partial charge in [-0.3, -0.25) is 9.59 Å². The van der Waals surface area contributed by atoms with Crippen molar-refractivity contribution in [1.82, 2.24) is 5.32 Å². The van der Waals surface area contributed by atoms with Gasteiger partial charge in [0.2, 0.25) is 6.10 Å². The SMILES string of the molecule is C=CCOc1cc(OCC=C)cc([C@@H](OC(C)=O)C(=O)NC(C)(C)C)c1. The highest BCUT2D eigenvalue weighted by Gasteiger charge is 2.28. The molecule has 0 aliphatic rings. The number of benzene rings is 1. The molecule has 6 nitrogen and oxygen atoms in total. The predicted octanol–water partition coefficient (Wildman–Crippen LogP) is 3.34. The molecule has 142 valence electrons. The molecular weight excluding hydrogens is 334 g/mol. The molecule has 0 heterocycles. The number of hydrogen-bond donors (Lipinski definition) is 1. The van der Waals surface area contributed by atoms with Crippen molar-refractivity contribution in [2.24, 2.45) is 0 Å². The fraction of sp³-hybridized carbons (Fsp3) is 0.400. The highest BCUT2D eigenvalue weighted by atomic mass is 16.5. The number of amides is 1. The minimum atomic E-state index is -1.12. The van der Waals surface area contributed by atoms with E-state index in [0.29, 0.717) is 17.1 Å². The number of esters is 1. The van der Waals surface area contributed by atoms with Gasteiger partial charge in [-0.2, -0.15) is 0 Å². The second-order valence-corrected chi connectivity index (χ2v) is 6.67. The Kier molecular flexibility index (Phi) is 7.90. The van der Waals surface area contributed by atoms with Crippen LogP contribution in [0, 0.1) is 0 Å². The average molecular weight is 361 g/mol. The van der Waals surface area contributed by atoms with Crippen LogP contribution < -0.4 is 14.8 Å². The van der Waals surface area contributed by atoms with E-state index in [4.69, 9.17) is 14.2 Å². The Bertz CT molecular complexity index is 630. The molecule has 1 aromatic rings. The normalized spacial score (nSPS) is 11.8. The van der Waals surface area contributed by atoms with Gasteiger partial charge in [-0.15, -0.1) is 0 Å². The molecule has 0 fully saturated rings. The van der Waals surface area contributed by atoms with Gasteiger partial charge >= 0.3 is 5.97 Å². The second kappa shape index (κ2) is 9.65. The standard InChI is InChI=1S/C20H27NO5/c1-7-9-24-16-11-15(12-17(13-16)25-10-8-2)18(26-14(3)22)19(23)21-20(4,5)6/h7-8,11-13,18H,1-2,9-10H2,3-6H3,(H,21,23)/t18-/m1/s1. The lowest BCUT2D eigenvalue weighted by atomic mass is 10.0. The van der Waals surface area contributed by atoms with Gasteiger partial charge in [0.25, 0.3) is 5.91 Å². The Morgan fingerprint density at radius 3 is 1.96 bits per heavy atom. The minimum absolute atomic E-state index is 0.288. The first-order chi connectivity index (χ1) is 12.2. The lowest BCUT2D eigenvalue weighted by Gasteiger charge is -2.25. The highest BCUT2D eigenvalue weighted by molar-refractivity contribution is 5.85. The zero-order valence-corrected chi connectivity index (χ0v) is 15.8. The van der Waals surface area contributed by atoms with Crippen LogP contribution in [0.1, 0.15) is 39.4 Å². The van der Waals surface area contributed by atoms with Gasteiger partial charge in [0.1, 0.15) is 24.7 Å². The lowest BCUT2D eigenvalue weighted by molar-refractivity contribution is -0.155. The summed E-state index contributed by atoms with van der Waals surface area (Å²) in [7, 11) is 0. The molecule has 0 bridgehead atoms. The molecule has 0 spiro atoms. The topological polar surface area (TPSA) is 73.9 Å². The number of ether oxygens (including phenoxy) is 3. The van der Waals surface area contributed by atoms with Crippen LogP contribution in [0.5, 0.6) is 11.5 Å². The first kappa shape index (κ1) is 21.3. The molecule has 26 heavy (non-hydrogen) atoms. The van der Waals surface area contributed by atoms with Gasteiger partial charge < -0.3 is 19.5 Å². The zero-order valence-electron chi connectivity index (χ0n) is 15.8. The van der Waals surface area contributed by atoms with E-state index in [-0.39, 0.29) is 13.2 Å². The number of carbonyl (C=O) groups is 2. The van der Waals surface area contributed by atoms with E-state index >= 15 is 0 Å². The molecule has 0 saturated heterocycles. The summed E-state index contributed by atoms with van der Waals surface area (Å²) in [6.45, 7) is 14.6. The van der Waals surface area contributed by atoms with Crippen molar-refractivity contribution in [3.05, 3.63) is 49.1 Å². The first-order valence-corrected chi connectivity index (χ1v) is 8.28. The van der Waals surface area contributed by atoms with Crippen molar-refractivity contribution in [2.75, 3.05) is 13.2 Å². The molecule has 1 aromatic carbocycles. The van der Waals surface area contributed by atoms with Crippen molar-refractivity contribution in [3.63, 3.8) is 0 Å². The van der Waals surface area contributed by atoms with E-state index in [1.54, 1.807) is 30.4 Å². The zero-order chi connectivity index (χ0) is 19.7. The summed E-state index contributed by atoms with van der Waals surface area (Å²) >= 11 is 0. The average Bonchev–Trinajstić information content (AvgIpc) is 2.54. The number of nitrogens with one attached hydrogen (secondary N) is 1. The molecule has 6 heteroatoms. The summed E-state index contributed by atoms with van der Waals surface area (Å²) in [4.78, 5) is 24.2. The highest BCUT2D eigenvalue weighted by Crippen LogP contribution is 2.29. The van der Waals surface area contributed by atoms with Crippen LogP contribution in [0.2, 0.25) is 0 Å². The van der Waals surface area contributed by atoms with Crippen LogP contribution >= 0.6 is 0 Å². The van der Waals surface area contributed by atoms with E-state index in [1.165, 1.54) is 6.92 Å². The molecule has 1 atom stereocenters. The third-order valence-corrected chi connectivity index (χ3v) is 2.96. The van der Waals surface area contributed by atoms with Gasteiger partial charge in [0, 0.05) is 24.1 Å². The van der Waals surface area contributed by atoms with Gasteiger partial charge in [0.15, 0.2) is 0 Å². The third kappa shape index (κ3) is 7.42. The number of hydrogen-bond acceptors (Lipinski definition) is 5. The molecule has 1 N–H and O–H groups in total. The Labute approximate surface area is 154 Å². The van der Waals surface area contributed by atoms with Crippen molar-refractivity contribution >= 4 is 11.9 Å². The summed E-state index contributed by atoms with van der Waals surface area (Å²) in [6, 6.07) is 4.96. The quantitative estimate of drug-likeness (QED) is 0.539. The summed E-state index contributed by atoms with van der Waals surface area (Å²) in [5.74, 6) is -0.0439. The molecule has 0 aromatic heterocycles. The Morgan fingerprint density at radius 1 is 1.08 bits per heavy atom. The van der Waals surface area contributed by atoms with Crippen molar-refractivity contribution in [3.8, 4) is 11.5 Å². The van der Waals surface area contributed by atoms with E-state index < -0.39 is 23.5 Å². The lowest BCUT2D eigenvalue weighted by Crippen LogP contribution is -2.44. The van der Waals surface area contributed by atoms with Crippen LogP contribution in [0.3, 0.4) is 0 Å². The Balaban J connectivity index is 3.27. The van der Waals surface area contributed by atoms with Crippen LogP contribution in [0.15, 0.2) is 43.5 Å². The van der Waals surface area contributed by atoms with Crippen molar-refractivity contribution < 1.29 is 23.8 Å². The Hall–Kier alpha value is -2.76. The molecular formula is C20H27NO5. The van der Waals surface area contributed by atoms with E-state index in [2.05, 4.69) is 18.5 Å². The van der Waals surface area contributed by atoms with Gasteiger partial charge in [-0.1, -0.05) is 25.3 Å². The number of carbonyl (C=O) groups excluding carboxylic acids is 2. The van der Waals surface area contributed by atoms with Crippen LogP contribution in [-0.4, -0.2) is 30.6 Å². The molecule has 0 saturated carbocycles. The monoisotopic (exact) mass is 361 g/mol.